The molecular weight excluding hydrogens is 260 g/mol. The van der Waals surface area contributed by atoms with Crippen molar-refractivity contribution in [2.75, 3.05) is 19.6 Å². The topological polar surface area (TPSA) is 49.4 Å². The molecule has 1 unspecified atom stereocenters. The molecule has 4 nitrogen and oxygen atoms in total. The highest BCUT2D eigenvalue weighted by atomic mass is 32.2. The maximum absolute atomic E-state index is 12.5. The fourth-order valence-corrected chi connectivity index (χ4v) is 3.40. The van der Waals surface area contributed by atoms with Crippen LogP contribution in [0.4, 0.5) is 0 Å². The van der Waals surface area contributed by atoms with E-state index < -0.39 is 15.3 Å². The summed E-state index contributed by atoms with van der Waals surface area (Å²) in [5.41, 5.74) is 1.02. The van der Waals surface area contributed by atoms with Crippen molar-refractivity contribution in [2.24, 2.45) is 0 Å². The van der Waals surface area contributed by atoms with E-state index in [4.69, 9.17) is 0 Å². The zero-order valence-electron chi connectivity index (χ0n) is 12.0. The molecule has 1 atom stereocenters. The Balaban J connectivity index is 2.78. The van der Waals surface area contributed by atoms with Gasteiger partial charge in [0.2, 0.25) is 10.0 Å². The summed E-state index contributed by atoms with van der Waals surface area (Å²) in [7, 11) is -3.25. The van der Waals surface area contributed by atoms with E-state index in [1.54, 1.807) is 11.2 Å². The van der Waals surface area contributed by atoms with Crippen LogP contribution in [0.3, 0.4) is 0 Å². The van der Waals surface area contributed by atoms with Gasteiger partial charge in [-0.15, -0.1) is 0 Å². The molecule has 0 spiro atoms. The molecule has 0 aliphatic rings. The van der Waals surface area contributed by atoms with Crippen LogP contribution >= 0.6 is 0 Å². The highest BCUT2D eigenvalue weighted by Gasteiger charge is 2.27. The van der Waals surface area contributed by atoms with Gasteiger partial charge in [0.1, 0.15) is 0 Å². The Morgan fingerprint density at radius 1 is 1.21 bits per heavy atom. The quantitative estimate of drug-likeness (QED) is 0.792. The Labute approximate surface area is 116 Å². The zero-order chi connectivity index (χ0) is 14.3. The molecule has 108 valence electrons. The second kappa shape index (κ2) is 7.62. The van der Waals surface area contributed by atoms with E-state index >= 15 is 0 Å². The van der Waals surface area contributed by atoms with Crippen LogP contribution < -0.4 is 5.32 Å². The van der Waals surface area contributed by atoms with E-state index in [1.807, 2.05) is 44.2 Å². The maximum atomic E-state index is 12.5. The third-order valence-electron chi connectivity index (χ3n) is 3.10. The van der Waals surface area contributed by atoms with Crippen LogP contribution in [0.5, 0.6) is 0 Å². The van der Waals surface area contributed by atoms with Crippen molar-refractivity contribution < 1.29 is 8.42 Å². The van der Waals surface area contributed by atoms with Crippen LogP contribution in [0, 0.1) is 0 Å². The minimum Gasteiger partial charge on any atom is -0.316 e. The third kappa shape index (κ3) is 4.60. The lowest BCUT2D eigenvalue weighted by Crippen LogP contribution is -2.41. The molecule has 0 aliphatic heterocycles. The summed E-state index contributed by atoms with van der Waals surface area (Å²) >= 11 is 0. The molecule has 0 amide bonds. The number of hydrogen-bond acceptors (Lipinski definition) is 3. The molecule has 0 saturated heterocycles. The average molecular weight is 284 g/mol. The standard InChI is InChI=1S/C14H24N2O2S/c1-4-15-11-13(3)19(17,18)16(5-2)12-14-9-7-6-8-10-14/h6-10,13,15H,4-5,11-12H2,1-3H3. The predicted octanol–water partition coefficient (Wildman–Crippen LogP) is 1.84. The van der Waals surface area contributed by atoms with Crippen LogP contribution in [0.1, 0.15) is 26.3 Å². The molecule has 5 heteroatoms. The fraction of sp³-hybridized carbons (Fsp3) is 0.571. The molecule has 1 rings (SSSR count). The van der Waals surface area contributed by atoms with Gasteiger partial charge in [0, 0.05) is 19.6 Å². The Morgan fingerprint density at radius 3 is 2.37 bits per heavy atom. The summed E-state index contributed by atoms with van der Waals surface area (Å²) in [5, 5.41) is 2.68. The number of benzene rings is 1. The number of nitrogens with one attached hydrogen (secondary N) is 1. The molecule has 0 aliphatic carbocycles. The maximum Gasteiger partial charge on any atom is 0.218 e. The highest BCUT2D eigenvalue weighted by molar-refractivity contribution is 7.89. The molecule has 0 bridgehead atoms. The minimum atomic E-state index is -3.25. The van der Waals surface area contributed by atoms with Gasteiger partial charge in [-0.25, -0.2) is 8.42 Å². The monoisotopic (exact) mass is 284 g/mol. The van der Waals surface area contributed by atoms with Gasteiger partial charge in [-0.2, -0.15) is 4.31 Å². The van der Waals surface area contributed by atoms with Gasteiger partial charge in [0.05, 0.1) is 5.25 Å². The lowest BCUT2D eigenvalue weighted by Gasteiger charge is -2.24. The normalized spacial score (nSPS) is 13.7. The van der Waals surface area contributed by atoms with Gasteiger partial charge in [-0.05, 0) is 19.0 Å². The molecule has 0 radical (unpaired) electrons. The summed E-state index contributed by atoms with van der Waals surface area (Å²) < 4.78 is 26.5. The van der Waals surface area contributed by atoms with Gasteiger partial charge in [0.15, 0.2) is 0 Å². The van der Waals surface area contributed by atoms with Gasteiger partial charge in [-0.1, -0.05) is 44.2 Å². The smallest absolute Gasteiger partial charge is 0.218 e. The summed E-state index contributed by atoms with van der Waals surface area (Å²) in [4.78, 5) is 0. The minimum absolute atomic E-state index is 0.406. The zero-order valence-corrected chi connectivity index (χ0v) is 12.8. The summed E-state index contributed by atoms with van der Waals surface area (Å²) in [5.74, 6) is 0. The van der Waals surface area contributed by atoms with Crippen molar-refractivity contribution in [1.82, 2.24) is 9.62 Å². The highest BCUT2D eigenvalue weighted by Crippen LogP contribution is 2.13. The Morgan fingerprint density at radius 2 is 1.84 bits per heavy atom. The first kappa shape index (κ1) is 16.1. The van der Waals surface area contributed by atoms with Crippen molar-refractivity contribution in [3.63, 3.8) is 0 Å². The Hall–Kier alpha value is -0.910. The first-order valence-electron chi connectivity index (χ1n) is 6.76. The van der Waals surface area contributed by atoms with Gasteiger partial charge >= 0.3 is 0 Å². The predicted molar refractivity (Wildman–Crippen MR) is 79.5 cm³/mol. The van der Waals surface area contributed by atoms with Crippen molar-refractivity contribution in [1.29, 1.82) is 0 Å². The average Bonchev–Trinajstić information content (AvgIpc) is 2.42. The van der Waals surface area contributed by atoms with E-state index in [1.165, 1.54) is 0 Å². The molecule has 0 aromatic heterocycles. The fourth-order valence-electron chi connectivity index (χ4n) is 1.88. The molecule has 19 heavy (non-hydrogen) atoms. The van der Waals surface area contributed by atoms with Crippen molar-refractivity contribution >= 4 is 10.0 Å². The van der Waals surface area contributed by atoms with Crippen LogP contribution in [-0.2, 0) is 16.6 Å². The summed E-state index contributed by atoms with van der Waals surface area (Å²) in [6, 6.07) is 9.69. The SMILES string of the molecule is CCNCC(C)S(=O)(=O)N(CC)Cc1ccccc1. The lowest BCUT2D eigenvalue weighted by atomic mass is 10.2. The number of nitrogens with zero attached hydrogens (tertiary/aromatic N) is 1. The van der Waals surface area contributed by atoms with Crippen molar-refractivity contribution in [3.05, 3.63) is 35.9 Å². The van der Waals surface area contributed by atoms with Crippen LogP contribution in [-0.4, -0.2) is 37.6 Å². The van der Waals surface area contributed by atoms with E-state index in [-0.39, 0.29) is 0 Å². The largest absolute Gasteiger partial charge is 0.316 e. The first-order chi connectivity index (χ1) is 9.02. The van der Waals surface area contributed by atoms with Gasteiger partial charge in [-0.3, -0.25) is 0 Å². The van der Waals surface area contributed by atoms with Crippen LogP contribution in [0.15, 0.2) is 30.3 Å². The molecule has 0 heterocycles. The molecule has 0 fully saturated rings. The molecular formula is C14H24N2O2S. The van der Waals surface area contributed by atoms with E-state index in [2.05, 4.69) is 5.32 Å². The molecule has 1 aromatic carbocycles. The second-order valence-corrected chi connectivity index (χ2v) is 6.93. The second-order valence-electron chi connectivity index (χ2n) is 4.58. The molecule has 0 saturated carbocycles. The van der Waals surface area contributed by atoms with E-state index in [0.29, 0.717) is 19.6 Å². The Bertz CT molecular complexity index is 460. The Kier molecular flexibility index (Phi) is 6.48. The van der Waals surface area contributed by atoms with Crippen LogP contribution in [0.2, 0.25) is 0 Å². The van der Waals surface area contributed by atoms with E-state index in [9.17, 15) is 8.42 Å². The van der Waals surface area contributed by atoms with Gasteiger partial charge < -0.3 is 5.32 Å². The van der Waals surface area contributed by atoms with E-state index in [0.717, 1.165) is 12.1 Å². The van der Waals surface area contributed by atoms with Crippen LogP contribution in [0.25, 0.3) is 0 Å². The van der Waals surface area contributed by atoms with Crippen molar-refractivity contribution in [2.45, 2.75) is 32.6 Å². The number of rotatable bonds is 8. The summed E-state index contributed by atoms with van der Waals surface area (Å²) in [6.45, 7) is 7.81. The number of hydrogen-bond donors (Lipinski definition) is 1. The lowest BCUT2D eigenvalue weighted by molar-refractivity contribution is 0.414. The summed E-state index contributed by atoms with van der Waals surface area (Å²) in [6.07, 6.45) is 0. The third-order valence-corrected chi connectivity index (χ3v) is 5.40. The first-order valence-corrected chi connectivity index (χ1v) is 8.26. The molecule has 1 N–H and O–H groups in total. The van der Waals surface area contributed by atoms with Gasteiger partial charge in [0.25, 0.3) is 0 Å². The van der Waals surface area contributed by atoms with Crippen molar-refractivity contribution in [3.8, 4) is 0 Å². The molecule has 1 aromatic rings. The number of sulfonamides is 1.